The number of esters is 1. The van der Waals surface area contributed by atoms with E-state index in [9.17, 15) is 9.90 Å². The summed E-state index contributed by atoms with van der Waals surface area (Å²) in [6, 6.07) is 19.3. The minimum Gasteiger partial charge on any atom is -0.458 e. The Kier molecular flexibility index (Phi) is 6.68. The number of aliphatic hydroxyl groups is 1. The van der Waals surface area contributed by atoms with Gasteiger partial charge in [-0.25, -0.2) is 4.79 Å². The molecule has 144 valence electrons. The van der Waals surface area contributed by atoms with E-state index in [0.717, 1.165) is 50.5 Å². The van der Waals surface area contributed by atoms with Crippen LogP contribution in [0.15, 0.2) is 60.7 Å². The molecular formula is C24H30O3. The molecule has 1 aliphatic carbocycles. The van der Waals surface area contributed by atoms with Crippen LogP contribution in [0, 0.1) is 0 Å². The second-order valence-electron chi connectivity index (χ2n) is 7.57. The summed E-state index contributed by atoms with van der Waals surface area (Å²) >= 11 is 0. The minimum atomic E-state index is -0.529. The number of aliphatic hydroxyl groups excluding tert-OH is 1. The molecular weight excluding hydrogens is 336 g/mol. The topological polar surface area (TPSA) is 46.5 Å². The zero-order valence-electron chi connectivity index (χ0n) is 16.1. The average molecular weight is 367 g/mol. The van der Waals surface area contributed by atoms with Crippen molar-refractivity contribution in [3.05, 3.63) is 71.8 Å². The first kappa shape index (κ1) is 19.6. The lowest BCUT2D eigenvalue weighted by Gasteiger charge is -2.47. The molecule has 0 aromatic heterocycles. The van der Waals surface area contributed by atoms with Gasteiger partial charge in [0.2, 0.25) is 0 Å². The van der Waals surface area contributed by atoms with Crippen molar-refractivity contribution in [1.29, 1.82) is 0 Å². The van der Waals surface area contributed by atoms with E-state index in [1.807, 2.05) is 36.4 Å². The van der Waals surface area contributed by atoms with Gasteiger partial charge in [-0.1, -0.05) is 81.1 Å². The molecule has 0 radical (unpaired) electrons. The highest BCUT2D eigenvalue weighted by Crippen LogP contribution is 2.45. The predicted molar refractivity (Wildman–Crippen MR) is 108 cm³/mol. The number of benzene rings is 2. The lowest BCUT2D eigenvalue weighted by Crippen LogP contribution is -2.52. The number of hydrogen-bond donors (Lipinski definition) is 1. The van der Waals surface area contributed by atoms with Gasteiger partial charge in [0.05, 0.1) is 17.1 Å². The summed E-state index contributed by atoms with van der Waals surface area (Å²) in [7, 11) is 0. The highest BCUT2D eigenvalue weighted by Gasteiger charge is 2.49. The van der Waals surface area contributed by atoms with Gasteiger partial charge >= 0.3 is 5.97 Å². The fourth-order valence-corrected chi connectivity index (χ4v) is 4.41. The van der Waals surface area contributed by atoms with Crippen LogP contribution in [0.1, 0.15) is 67.8 Å². The van der Waals surface area contributed by atoms with Crippen LogP contribution in [0.25, 0.3) is 0 Å². The Bertz CT molecular complexity index is 713. The third kappa shape index (κ3) is 4.24. The first-order valence-electron chi connectivity index (χ1n) is 10.2. The number of ether oxygens (including phenoxy) is 1. The van der Waals surface area contributed by atoms with Crippen LogP contribution in [0.2, 0.25) is 0 Å². The van der Waals surface area contributed by atoms with Gasteiger partial charge in [-0.3, -0.25) is 0 Å². The zero-order valence-corrected chi connectivity index (χ0v) is 16.1. The molecule has 3 nitrogen and oxygen atoms in total. The largest absolute Gasteiger partial charge is 0.458 e. The normalized spacial score (nSPS) is 23.6. The van der Waals surface area contributed by atoms with Gasteiger partial charge in [0, 0.05) is 0 Å². The van der Waals surface area contributed by atoms with E-state index < -0.39 is 11.5 Å². The summed E-state index contributed by atoms with van der Waals surface area (Å²) in [4.78, 5) is 12.8. The lowest BCUT2D eigenvalue weighted by atomic mass is 9.63. The Labute approximate surface area is 162 Å². The van der Waals surface area contributed by atoms with Gasteiger partial charge in [0.25, 0.3) is 0 Å². The maximum Gasteiger partial charge on any atom is 0.338 e. The van der Waals surface area contributed by atoms with Crippen molar-refractivity contribution < 1.29 is 14.6 Å². The SMILES string of the molecule is CCCC[C@H](OC(=O)c1ccccc1)[C@]1(c2ccccc2)CCCC[C@@H]1O. The summed E-state index contributed by atoms with van der Waals surface area (Å²) in [5, 5.41) is 11.1. The van der Waals surface area contributed by atoms with Crippen LogP contribution in [-0.4, -0.2) is 23.3 Å². The summed E-state index contributed by atoms with van der Waals surface area (Å²) < 4.78 is 6.11. The van der Waals surface area contributed by atoms with Crippen LogP contribution in [-0.2, 0) is 10.2 Å². The number of carbonyl (C=O) groups is 1. The van der Waals surface area contributed by atoms with E-state index in [1.54, 1.807) is 12.1 Å². The summed E-state index contributed by atoms with van der Waals surface area (Å²) in [6.07, 6.45) is 5.58. The number of carbonyl (C=O) groups excluding carboxylic acids is 1. The molecule has 1 saturated carbocycles. The molecule has 0 amide bonds. The fraction of sp³-hybridized carbons (Fsp3) is 0.458. The molecule has 1 fully saturated rings. The zero-order chi connectivity index (χ0) is 19.1. The predicted octanol–water partition coefficient (Wildman–Crippen LogP) is 5.28. The molecule has 0 spiro atoms. The van der Waals surface area contributed by atoms with Crippen LogP contribution in [0.3, 0.4) is 0 Å². The monoisotopic (exact) mass is 366 g/mol. The van der Waals surface area contributed by atoms with Gasteiger partial charge < -0.3 is 9.84 Å². The van der Waals surface area contributed by atoms with Gasteiger partial charge in [0.15, 0.2) is 0 Å². The minimum absolute atomic E-state index is 0.301. The quantitative estimate of drug-likeness (QED) is 0.679. The Balaban J connectivity index is 1.97. The number of unbranched alkanes of at least 4 members (excludes halogenated alkanes) is 1. The molecule has 0 aliphatic heterocycles. The second kappa shape index (κ2) is 9.18. The van der Waals surface area contributed by atoms with Crippen LogP contribution >= 0.6 is 0 Å². The molecule has 1 aliphatic rings. The molecule has 3 atom stereocenters. The van der Waals surface area contributed by atoms with E-state index in [0.29, 0.717) is 5.56 Å². The first-order chi connectivity index (χ1) is 13.2. The van der Waals surface area contributed by atoms with E-state index in [1.165, 1.54) is 0 Å². The Morgan fingerprint density at radius 1 is 1.11 bits per heavy atom. The van der Waals surface area contributed by atoms with Crippen molar-refractivity contribution in [2.45, 2.75) is 69.5 Å². The lowest BCUT2D eigenvalue weighted by molar-refractivity contribution is -0.0596. The van der Waals surface area contributed by atoms with E-state index in [2.05, 4.69) is 19.1 Å². The van der Waals surface area contributed by atoms with Crippen LogP contribution in [0.4, 0.5) is 0 Å². The molecule has 0 bridgehead atoms. The fourth-order valence-electron chi connectivity index (χ4n) is 4.41. The van der Waals surface area contributed by atoms with Gasteiger partial charge in [-0.2, -0.15) is 0 Å². The molecule has 3 heteroatoms. The molecule has 2 aromatic carbocycles. The molecule has 0 unspecified atom stereocenters. The Morgan fingerprint density at radius 3 is 2.41 bits per heavy atom. The maximum absolute atomic E-state index is 12.8. The standard InChI is InChI=1S/C24H30O3/c1-2-3-17-22(27-23(26)19-12-6-4-7-13-19)24(18-11-10-16-21(24)25)20-14-8-5-9-15-20/h4-9,12-15,21-22,25H,2-3,10-11,16-18H2,1H3/t21-,22-,24-/m0/s1. The molecule has 1 N–H and O–H groups in total. The van der Waals surface area contributed by atoms with Crippen molar-refractivity contribution in [2.75, 3.05) is 0 Å². The second-order valence-corrected chi connectivity index (χ2v) is 7.57. The van der Waals surface area contributed by atoms with Crippen LogP contribution in [0.5, 0.6) is 0 Å². The molecule has 3 rings (SSSR count). The highest BCUT2D eigenvalue weighted by atomic mass is 16.5. The van der Waals surface area contributed by atoms with Gasteiger partial charge in [-0.15, -0.1) is 0 Å². The third-order valence-corrected chi connectivity index (χ3v) is 5.88. The molecule has 27 heavy (non-hydrogen) atoms. The van der Waals surface area contributed by atoms with Crippen molar-refractivity contribution in [3.63, 3.8) is 0 Å². The van der Waals surface area contributed by atoms with E-state index in [-0.39, 0.29) is 12.1 Å². The van der Waals surface area contributed by atoms with Crippen LogP contribution < -0.4 is 0 Å². The Hall–Kier alpha value is -2.13. The summed E-state index contributed by atoms with van der Waals surface area (Å²) in [6.45, 7) is 2.14. The smallest absolute Gasteiger partial charge is 0.338 e. The molecule has 0 heterocycles. The number of rotatable bonds is 7. The third-order valence-electron chi connectivity index (χ3n) is 5.88. The van der Waals surface area contributed by atoms with Gasteiger partial charge in [-0.05, 0) is 37.0 Å². The summed E-state index contributed by atoms with van der Waals surface area (Å²) in [5.74, 6) is -0.301. The van der Waals surface area contributed by atoms with E-state index in [4.69, 9.17) is 4.74 Å². The number of hydrogen-bond acceptors (Lipinski definition) is 3. The van der Waals surface area contributed by atoms with Gasteiger partial charge in [0.1, 0.15) is 6.10 Å². The first-order valence-corrected chi connectivity index (χ1v) is 10.2. The maximum atomic E-state index is 12.8. The van der Waals surface area contributed by atoms with Crippen molar-refractivity contribution in [3.8, 4) is 0 Å². The summed E-state index contributed by atoms with van der Waals surface area (Å²) in [5.41, 5.74) is 1.12. The van der Waals surface area contributed by atoms with Crippen molar-refractivity contribution in [2.24, 2.45) is 0 Å². The highest BCUT2D eigenvalue weighted by molar-refractivity contribution is 5.89. The van der Waals surface area contributed by atoms with E-state index >= 15 is 0 Å². The molecule has 0 saturated heterocycles. The van der Waals surface area contributed by atoms with Crippen molar-refractivity contribution in [1.82, 2.24) is 0 Å². The Morgan fingerprint density at radius 2 is 1.78 bits per heavy atom. The van der Waals surface area contributed by atoms with Crippen molar-refractivity contribution >= 4 is 5.97 Å². The average Bonchev–Trinajstić information content (AvgIpc) is 2.73. The molecule has 2 aromatic rings.